The molecule has 0 radical (unpaired) electrons. The highest BCUT2D eigenvalue weighted by Gasteiger charge is 1.99. The van der Waals surface area contributed by atoms with Crippen LogP contribution < -0.4 is 17.0 Å². The molecule has 0 spiro atoms. The van der Waals surface area contributed by atoms with Gasteiger partial charge in [-0.3, -0.25) is 0 Å². The first-order valence-electron chi connectivity index (χ1n) is 5.39. The van der Waals surface area contributed by atoms with E-state index in [9.17, 15) is 0 Å². The summed E-state index contributed by atoms with van der Waals surface area (Å²) in [6.07, 6.45) is 8.78. The molecule has 2 nitrogen and oxygen atoms in total. The number of unbranched alkanes of at least 4 members (excludes halogenated alkanes) is 3. The van der Waals surface area contributed by atoms with Crippen LogP contribution in [0.2, 0.25) is 0 Å². The summed E-state index contributed by atoms with van der Waals surface area (Å²) in [6.45, 7) is 3.53. The lowest BCUT2D eigenvalue weighted by Crippen LogP contribution is -3.00. The first-order valence-corrected chi connectivity index (χ1v) is 5.39. The normalized spacial score (nSPS) is 9.73. The van der Waals surface area contributed by atoms with Crippen molar-refractivity contribution in [3.05, 3.63) is 30.1 Å². The fraction of sp³-hybridized carbons (Fsp3) is 0.583. The Balaban J connectivity index is 0.00000196. The Morgan fingerprint density at radius 3 is 2.60 bits per heavy atom. The fourth-order valence-electron chi connectivity index (χ4n) is 1.55. The fourth-order valence-corrected chi connectivity index (χ4v) is 1.55. The minimum Gasteiger partial charge on any atom is -1.00 e. The molecule has 1 aromatic heterocycles. The number of hydrogen-bond donors (Lipinski definition) is 1. The number of aliphatic hydroxyl groups excluding tert-OH is 1. The van der Waals surface area contributed by atoms with Crippen LogP contribution in [-0.4, -0.2) is 11.7 Å². The van der Waals surface area contributed by atoms with Crippen molar-refractivity contribution >= 4 is 0 Å². The molecule has 0 fully saturated rings. The maximum atomic E-state index is 8.61. The van der Waals surface area contributed by atoms with Crippen LogP contribution in [0.4, 0.5) is 0 Å². The molecular formula is C12H20ClNO. The van der Waals surface area contributed by atoms with E-state index in [1.54, 1.807) is 0 Å². The SMILES string of the molecule is Cc1ccc[n+](CCCCCCO)c1.[Cl-]. The average Bonchev–Trinajstić information content (AvgIpc) is 2.18. The van der Waals surface area contributed by atoms with Crippen molar-refractivity contribution in [1.29, 1.82) is 0 Å². The molecule has 15 heavy (non-hydrogen) atoms. The molecule has 0 saturated carbocycles. The van der Waals surface area contributed by atoms with Gasteiger partial charge in [0.15, 0.2) is 12.4 Å². The van der Waals surface area contributed by atoms with Crippen molar-refractivity contribution in [2.24, 2.45) is 0 Å². The van der Waals surface area contributed by atoms with Gasteiger partial charge in [-0.25, -0.2) is 4.57 Å². The van der Waals surface area contributed by atoms with Crippen LogP contribution >= 0.6 is 0 Å². The second-order valence-electron chi connectivity index (χ2n) is 3.76. The maximum Gasteiger partial charge on any atom is 0.171 e. The van der Waals surface area contributed by atoms with Gasteiger partial charge in [0.05, 0.1) is 0 Å². The van der Waals surface area contributed by atoms with Gasteiger partial charge in [-0.05, 0) is 25.8 Å². The number of aryl methyl sites for hydroxylation is 2. The highest BCUT2D eigenvalue weighted by Crippen LogP contribution is 1.99. The van der Waals surface area contributed by atoms with Crippen LogP contribution in [0.1, 0.15) is 31.2 Å². The van der Waals surface area contributed by atoms with E-state index in [0.29, 0.717) is 6.61 Å². The summed E-state index contributed by atoms with van der Waals surface area (Å²) >= 11 is 0. The van der Waals surface area contributed by atoms with Crippen molar-refractivity contribution in [2.45, 2.75) is 39.2 Å². The van der Waals surface area contributed by atoms with Gasteiger partial charge < -0.3 is 17.5 Å². The zero-order chi connectivity index (χ0) is 10.2. The Hall–Kier alpha value is -0.600. The minimum absolute atomic E-state index is 0. The maximum absolute atomic E-state index is 8.61. The molecule has 0 amide bonds. The molecular weight excluding hydrogens is 210 g/mol. The molecule has 0 saturated heterocycles. The van der Waals surface area contributed by atoms with Crippen LogP contribution in [0.5, 0.6) is 0 Å². The highest BCUT2D eigenvalue weighted by atomic mass is 35.5. The first kappa shape index (κ1) is 14.4. The molecule has 3 heteroatoms. The number of rotatable bonds is 6. The van der Waals surface area contributed by atoms with E-state index in [1.807, 2.05) is 0 Å². The Bertz CT molecular complexity index is 266. The van der Waals surface area contributed by atoms with Crippen molar-refractivity contribution in [3.63, 3.8) is 0 Å². The largest absolute Gasteiger partial charge is 1.00 e. The van der Waals surface area contributed by atoms with Gasteiger partial charge in [0, 0.05) is 24.7 Å². The Morgan fingerprint density at radius 1 is 1.20 bits per heavy atom. The van der Waals surface area contributed by atoms with Crippen molar-refractivity contribution in [2.75, 3.05) is 6.61 Å². The molecule has 86 valence electrons. The minimum atomic E-state index is 0. The highest BCUT2D eigenvalue weighted by molar-refractivity contribution is 5.01. The van der Waals surface area contributed by atoms with Gasteiger partial charge in [-0.1, -0.05) is 6.42 Å². The van der Waals surface area contributed by atoms with Crippen LogP contribution in [0, 0.1) is 6.92 Å². The Morgan fingerprint density at radius 2 is 1.93 bits per heavy atom. The van der Waals surface area contributed by atoms with Gasteiger partial charge in [-0.2, -0.15) is 0 Å². The molecule has 1 N–H and O–H groups in total. The summed E-state index contributed by atoms with van der Waals surface area (Å²) in [5.41, 5.74) is 1.31. The molecule has 1 heterocycles. The zero-order valence-electron chi connectivity index (χ0n) is 9.32. The number of nitrogens with zero attached hydrogens (tertiary/aromatic N) is 1. The predicted octanol–water partition coefficient (Wildman–Crippen LogP) is -1.16. The molecule has 0 aliphatic rings. The molecule has 0 unspecified atom stereocenters. The number of pyridine rings is 1. The molecule has 0 bridgehead atoms. The van der Waals surface area contributed by atoms with Crippen molar-refractivity contribution in [3.8, 4) is 0 Å². The van der Waals surface area contributed by atoms with E-state index in [2.05, 4.69) is 36.0 Å². The van der Waals surface area contributed by atoms with Crippen LogP contribution in [-0.2, 0) is 6.54 Å². The lowest BCUT2D eigenvalue weighted by atomic mass is 10.2. The number of halogens is 1. The third-order valence-electron chi connectivity index (χ3n) is 2.33. The second-order valence-corrected chi connectivity index (χ2v) is 3.76. The molecule has 0 aliphatic heterocycles. The van der Waals surface area contributed by atoms with Gasteiger partial charge in [-0.15, -0.1) is 0 Å². The van der Waals surface area contributed by atoms with Gasteiger partial charge >= 0.3 is 0 Å². The van der Waals surface area contributed by atoms with Gasteiger partial charge in [0.2, 0.25) is 0 Å². The van der Waals surface area contributed by atoms with E-state index in [0.717, 1.165) is 19.4 Å². The Kier molecular flexibility index (Phi) is 8.34. The van der Waals surface area contributed by atoms with E-state index >= 15 is 0 Å². The van der Waals surface area contributed by atoms with Crippen molar-refractivity contribution < 1.29 is 22.1 Å². The third kappa shape index (κ3) is 6.47. The number of aromatic nitrogens is 1. The average molecular weight is 230 g/mol. The summed E-state index contributed by atoms with van der Waals surface area (Å²) < 4.78 is 2.23. The van der Waals surface area contributed by atoms with Crippen LogP contribution in [0.25, 0.3) is 0 Å². The Labute approximate surface area is 98.4 Å². The monoisotopic (exact) mass is 229 g/mol. The van der Waals surface area contributed by atoms with Crippen LogP contribution in [0.3, 0.4) is 0 Å². The van der Waals surface area contributed by atoms with E-state index < -0.39 is 0 Å². The summed E-state index contributed by atoms with van der Waals surface area (Å²) in [5, 5.41) is 8.61. The predicted molar refractivity (Wildman–Crippen MR) is 56.9 cm³/mol. The third-order valence-corrected chi connectivity index (χ3v) is 2.33. The first-order chi connectivity index (χ1) is 6.83. The van der Waals surface area contributed by atoms with Gasteiger partial charge in [0.1, 0.15) is 6.54 Å². The second kappa shape index (κ2) is 8.69. The summed E-state index contributed by atoms with van der Waals surface area (Å²) in [6, 6.07) is 4.20. The smallest absolute Gasteiger partial charge is 0.171 e. The topological polar surface area (TPSA) is 24.1 Å². The molecule has 0 aromatic carbocycles. The van der Waals surface area contributed by atoms with E-state index in [-0.39, 0.29) is 12.4 Å². The standard InChI is InChI=1S/C12H20NO.ClH/c1-12-7-6-9-13(11-12)8-4-2-3-5-10-14;/h6-7,9,11,14H,2-5,8,10H2,1H3;1H/q+1;/p-1. The van der Waals surface area contributed by atoms with Gasteiger partial charge in [0.25, 0.3) is 0 Å². The molecule has 0 atom stereocenters. The lowest BCUT2D eigenvalue weighted by Gasteiger charge is -1.98. The number of aliphatic hydroxyl groups is 1. The summed E-state index contributed by atoms with van der Waals surface area (Å²) in [4.78, 5) is 0. The van der Waals surface area contributed by atoms with Crippen molar-refractivity contribution in [1.82, 2.24) is 0 Å². The zero-order valence-corrected chi connectivity index (χ0v) is 10.1. The summed E-state index contributed by atoms with van der Waals surface area (Å²) in [7, 11) is 0. The quantitative estimate of drug-likeness (QED) is 0.483. The number of hydrogen-bond acceptors (Lipinski definition) is 1. The van der Waals surface area contributed by atoms with E-state index in [1.165, 1.54) is 18.4 Å². The van der Waals surface area contributed by atoms with Crippen LogP contribution in [0.15, 0.2) is 24.5 Å². The molecule has 0 aliphatic carbocycles. The summed E-state index contributed by atoms with van der Waals surface area (Å²) in [5.74, 6) is 0. The molecule has 1 rings (SSSR count). The molecule has 1 aromatic rings. The van der Waals surface area contributed by atoms with E-state index in [4.69, 9.17) is 5.11 Å². The lowest BCUT2D eigenvalue weighted by molar-refractivity contribution is -0.697.